The summed E-state index contributed by atoms with van der Waals surface area (Å²) in [6, 6.07) is 0. The van der Waals surface area contributed by atoms with Gasteiger partial charge in [0.05, 0.1) is 6.61 Å². The quantitative estimate of drug-likeness (QED) is 0.666. The number of carbonyl (C=O) groups is 2. The highest BCUT2D eigenvalue weighted by Crippen LogP contribution is 1.87. The van der Waals surface area contributed by atoms with Crippen LogP contribution in [0.15, 0.2) is 0 Å². The molecule has 13 heavy (non-hydrogen) atoms. The Labute approximate surface area is 82.9 Å². The average Bonchev–Trinajstić information content (AvgIpc) is 2.01. The average molecular weight is 212 g/mol. The van der Waals surface area contributed by atoms with Gasteiger partial charge in [0.1, 0.15) is 6.54 Å². The molecule has 0 unspecified atom stereocenters. The van der Waals surface area contributed by atoms with E-state index in [1.165, 1.54) is 0 Å². The summed E-state index contributed by atoms with van der Waals surface area (Å²) in [4.78, 5) is 20.6. The van der Waals surface area contributed by atoms with Gasteiger partial charge >= 0.3 is 12.1 Å². The molecule has 0 aromatic heterocycles. The molecule has 0 bridgehead atoms. The first kappa shape index (κ1) is 14.5. The van der Waals surface area contributed by atoms with Gasteiger partial charge in [-0.15, -0.1) is 12.4 Å². The van der Waals surface area contributed by atoms with E-state index in [4.69, 9.17) is 5.11 Å². The zero-order chi connectivity index (χ0) is 9.40. The van der Waals surface area contributed by atoms with Gasteiger partial charge in [0.15, 0.2) is 0 Å². The van der Waals surface area contributed by atoms with Crippen molar-refractivity contribution in [3.63, 3.8) is 0 Å². The lowest BCUT2D eigenvalue weighted by Gasteiger charge is -2.03. The SMILES string of the molecule is CCCCOC(=O)NCC(=O)O.Cl. The molecule has 0 aliphatic carbocycles. The van der Waals surface area contributed by atoms with E-state index in [1.54, 1.807) is 0 Å². The third kappa shape index (κ3) is 11.0. The van der Waals surface area contributed by atoms with E-state index in [1.807, 2.05) is 6.92 Å². The van der Waals surface area contributed by atoms with Gasteiger partial charge in [-0.05, 0) is 6.42 Å². The van der Waals surface area contributed by atoms with Crippen molar-refractivity contribution < 1.29 is 19.4 Å². The molecule has 5 nitrogen and oxygen atoms in total. The summed E-state index contributed by atoms with van der Waals surface area (Å²) in [6.45, 7) is 1.91. The minimum atomic E-state index is -1.08. The van der Waals surface area contributed by atoms with Crippen LogP contribution in [0.5, 0.6) is 0 Å². The van der Waals surface area contributed by atoms with Crippen LogP contribution in [0.4, 0.5) is 4.79 Å². The molecule has 1 amide bonds. The van der Waals surface area contributed by atoms with Crippen molar-refractivity contribution >= 4 is 24.5 Å². The fourth-order valence-corrected chi connectivity index (χ4v) is 0.508. The Morgan fingerprint density at radius 1 is 1.46 bits per heavy atom. The highest BCUT2D eigenvalue weighted by Gasteiger charge is 2.02. The van der Waals surface area contributed by atoms with E-state index in [-0.39, 0.29) is 12.4 Å². The Morgan fingerprint density at radius 2 is 2.08 bits per heavy atom. The monoisotopic (exact) mass is 211 g/mol. The molecule has 0 spiro atoms. The van der Waals surface area contributed by atoms with Crippen LogP contribution >= 0.6 is 12.4 Å². The van der Waals surface area contributed by atoms with Gasteiger partial charge < -0.3 is 15.2 Å². The Morgan fingerprint density at radius 3 is 2.54 bits per heavy atom. The number of unbranched alkanes of at least 4 members (excludes halogenated alkanes) is 1. The van der Waals surface area contributed by atoms with Crippen LogP contribution in [-0.4, -0.2) is 30.3 Å². The van der Waals surface area contributed by atoms with Crippen LogP contribution in [0.25, 0.3) is 0 Å². The number of rotatable bonds is 5. The van der Waals surface area contributed by atoms with Gasteiger partial charge in [-0.1, -0.05) is 13.3 Å². The third-order valence-corrected chi connectivity index (χ3v) is 1.11. The number of aliphatic carboxylic acids is 1. The van der Waals surface area contributed by atoms with Crippen LogP contribution in [0.1, 0.15) is 19.8 Å². The normalized spacial score (nSPS) is 8.38. The molecule has 0 atom stereocenters. The number of ether oxygens (including phenoxy) is 1. The molecule has 0 rings (SSSR count). The van der Waals surface area contributed by atoms with Gasteiger partial charge in [0, 0.05) is 0 Å². The Hall–Kier alpha value is -0.970. The molecule has 0 heterocycles. The van der Waals surface area contributed by atoms with E-state index in [0.717, 1.165) is 12.8 Å². The second-order valence-corrected chi connectivity index (χ2v) is 2.24. The van der Waals surface area contributed by atoms with E-state index < -0.39 is 18.6 Å². The molecule has 0 aromatic rings. The number of carboxylic acid groups (broad SMARTS) is 1. The molecule has 0 radical (unpaired) electrons. The topological polar surface area (TPSA) is 75.6 Å². The molecule has 2 N–H and O–H groups in total. The van der Waals surface area contributed by atoms with Crippen molar-refractivity contribution in [3.05, 3.63) is 0 Å². The van der Waals surface area contributed by atoms with Crippen molar-refractivity contribution in [3.8, 4) is 0 Å². The zero-order valence-corrected chi connectivity index (χ0v) is 8.23. The maximum absolute atomic E-state index is 10.6. The fraction of sp³-hybridized carbons (Fsp3) is 0.714. The summed E-state index contributed by atoms with van der Waals surface area (Å²) in [6.07, 6.45) is 1.05. The summed E-state index contributed by atoms with van der Waals surface area (Å²) >= 11 is 0. The predicted molar refractivity (Wildman–Crippen MR) is 49.1 cm³/mol. The molecule has 0 saturated heterocycles. The molecule has 78 valence electrons. The van der Waals surface area contributed by atoms with Gasteiger partial charge in [-0.2, -0.15) is 0 Å². The number of hydrogen-bond donors (Lipinski definition) is 2. The second kappa shape index (κ2) is 9.12. The van der Waals surface area contributed by atoms with Gasteiger partial charge in [0.25, 0.3) is 0 Å². The number of alkyl carbamates (subject to hydrolysis) is 1. The lowest BCUT2D eigenvalue weighted by molar-refractivity contribution is -0.135. The number of amides is 1. The summed E-state index contributed by atoms with van der Waals surface area (Å²) in [5.74, 6) is -1.08. The fourth-order valence-electron chi connectivity index (χ4n) is 0.508. The highest BCUT2D eigenvalue weighted by atomic mass is 35.5. The zero-order valence-electron chi connectivity index (χ0n) is 7.41. The smallest absolute Gasteiger partial charge is 0.407 e. The van der Waals surface area contributed by atoms with Crippen LogP contribution in [0.2, 0.25) is 0 Å². The summed E-state index contributed by atoms with van der Waals surface area (Å²) in [7, 11) is 0. The maximum Gasteiger partial charge on any atom is 0.407 e. The standard InChI is InChI=1S/C7H13NO4.ClH/c1-2-3-4-12-7(11)8-5-6(9)10;/h2-5H2,1H3,(H,8,11)(H,9,10);1H. The summed E-state index contributed by atoms with van der Waals surface area (Å²) < 4.78 is 4.62. The number of hydrogen-bond acceptors (Lipinski definition) is 3. The van der Waals surface area contributed by atoms with E-state index in [2.05, 4.69) is 10.1 Å². The highest BCUT2D eigenvalue weighted by molar-refractivity contribution is 5.85. The van der Waals surface area contributed by atoms with E-state index in [0.29, 0.717) is 6.61 Å². The molecule has 0 aliphatic heterocycles. The van der Waals surface area contributed by atoms with Gasteiger partial charge in [-0.3, -0.25) is 4.79 Å². The predicted octanol–water partition coefficient (Wildman–Crippen LogP) is 1.02. The first-order chi connectivity index (χ1) is 5.66. The van der Waals surface area contributed by atoms with Crippen LogP contribution in [0.3, 0.4) is 0 Å². The first-order valence-electron chi connectivity index (χ1n) is 3.79. The maximum atomic E-state index is 10.6. The van der Waals surface area contributed by atoms with Crippen molar-refractivity contribution in [1.29, 1.82) is 0 Å². The molecule has 0 aromatic carbocycles. The second-order valence-electron chi connectivity index (χ2n) is 2.24. The summed E-state index contributed by atoms with van der Waals surface area (Å²) in [5.41, 5.74) is 0. The lowest BCUT2D eigenvalue weighted by atomic mass is 10.4. The van der Waals surface area contributed by atoms with Gasteiger partial charge in [0.2, 0.25) is 0 Å². The number of halogens is 1. The third-order valence-electron chi connectivity index (χ3n) is 1.11. The largest absolute Gasteiger partial charge is 0.480 e. The lowest BCUT2D eigenvalue weighted by Crippen LogP contribution is -2.30. The number of carboxylic acids is 1. The van der Waals surface area contributed by atoms with Crippen molar-refractivity contribution in [2.75, 3.05) is 13.2 Å². The molecular formula is C7H14ClNO4. The van der Waals surface area contributed by atoms with Crippen molar-refractivity contribution in [1.82, 2.24) is 5.32 Å². The minimum Gasteiger partial charge on any atom is -0.480 e. The van der Waals surface area contributed by atoms with Gasteiger partial charge in [-0.25, -0.2) is 4.79 Å². The number of carbonyl (C=O) groups excluding carboxylic acids is 1. The molecule has 6 heteroatoms. The Balaban J connectivity index is 0. The Bertz CT molecular complexity index is 163. The minimum absolute atomic E-state index is 0. The van der Waals surface area contributed by atoms with Crippen molar-refractivity contribution in [2.24, 2.45) is 0 Å². The summed E-state index contributed by atoms with van der Waals surface area (Å²) in [5, 5.41) is 10.2. The first-order valence-corrected chi connectivity index (χ1v) is 3.79. The van der Waals surface area contributed by atoms with Crippen LogP contribution in [-0.2, 0) is 9.53 Å². The van der Waals surface area contributed by atoms with E-state index in [9.17, 15) is 9.59 Å². The van der Waals surface area contributed by atoms with Crippen LogP contribution in [0, 0.1) is 0 Å². The van der Waals surface area contributed by atoms with Crippen LogP contribution < -0.4 is 5.32 Å². The molecule has 0 fully saturated rings. The van der Waals surface area contributed by atoms with E-state index >= 15 is 0 Å². The Kier molecular flexibility index (Phi) is 10.2. The number of nitrogens with one attached hydrogen (secondary N) is 1. The molecular weight excluding hydrogens is 198 g/mol. The molecule has 0 saturated carbocycles. The van der Waals surface area contributed by atoms with Crippen molar-refractivity contribution in [2.45, 2.75) is 19.8 Å². The molecule has 0 aliphatic rings.